The fourth-order valence-electron chi connectivity index (χ4n) is 2.59. The van der Waals surface area contributed by atoms with Crippen molar-refractivity contribution >= 4 is 46.5 Å². The van der Waals surface area contributed by atoms with Crippen molar-refractivity contribution in [1.82, 2.24) is 10.2 Å². The summed E-state index contributed by atoms with van der Waals surface area (Å²) in [5, 5.41) is 11.2. The largest absolute Gasteiger partial charge is 0.325 e. The van der Waals surface area contributed by atoms with Crippen molar-refractivity contribution in [3.05, 3.63) is 29.3 Å². The van der Waals surface area contributed by atoms with E-state index in [1.165, 1.54) is 29.3 Å². The van der Waals surface area contributed by atoms with Crippen LogP contribution in [0.25, 0.3) is 0 Å². The topological polar surface area (TPSA) is 54.9 Å². The minimum atomic E-state index is -0.199. The van der Waals surface area contributed by atoms with E-state index < -0.39 is 0 Å². The zero-order chi connectivity index (χ0) is 16.9. The van der Waals surface area contributed by atoms with Crippen molar-refractivity contribution in [2.75, 3.05) is 11.1 Å². The van der Waals surface area contributed by atoms with Crippen LogP contribution >= 0.6 is 34.9 Å². The lowest BCUT2D eigenvalue weighted by Crippen LogP contribution is -2.22. The van der Waals surface area contributed by atoms with Crippen LogP contribution in [-0.4, -0.2) is 27.1 Å². The normalized spacial score (nSPS) is 14.4. The van der Waals surface area contributed by atoms with Crippen LogP contribution in [0.1, 0.15) is 37.8 Å². The molecule has 0 unspecified atom stereocenters. The molecule has 0 radical (unpaired) electrons. The molecule has 2 aromatic rings. The summed E-state index contributed by atoms with van der Waals surface area (Å²) in [5.41, 5.74) is 3.68. The highest BCUT2D eigenvalue weighted by Gasteiger charge is 2.18. The Labute approximate surface area is 155 Å². The summed E-state index contributed by atoms with van der Waals surface area (Å²) in [6, 6.07) is 6.25. The summed E-state index contributed by atoms with van der Waals surface area (Å²) >= 11 is 4.76. The van der Waals surface area contributed by atoms with E-state index in [2.05, 4.69) is 34.6 Å². The number of hydrogen-bond acceptors (Lipinski definition) is 6. The maximum atomic E-state index is 12.4. The third-order valence-electron chi connectivity index (χ3n) is 3.83. The Hall–Kier alpha value is -1.05. The third-order valence-corrected chi connectivity index (χ3v) is 7.28. The number of hydrogen-bond donors (Lipinski definition) is 1. The van der Waals surface area contributed by atoms with Gasteiger partial charge in [0.25, 0.3) is 0 Å². The Morgan fingerprint density at radius 2 is 2.08 bits per heavy atom. The molecule has 1 N–H and O–H groups in total. The van der Waals surface area contributed by atoms with Gasteiger partial charge in [0.2, 0.25) is 5.91 Å². The highest BCUT2D eigenvalue weighted by Crippen LogP contribution is 2.32. The van der Waals surface area contributed by atoms with E-state index in [-0.39, 0.29) is 11.2 Å². The summed E-state index contributed by atoms with van der Waals surface area (Å²) in [7, 11) is 0. The maximum Gasteiger partial charge on any atom is 0.237 e. The standard InChI is InChI=1S/C17H21N3OS3/c1-3-9-22-16-19-20-17(24-16)23-11(2)15(21)18-14-8-7-12-5-4-6-13(12)10-14/h7-8,10-11H,3-6,9H2,1-2H3,(H,18,21)/t11-/m1/s1. The van der Waals surface area contributed by atoms with Crippen LogP contribution in [0.2, 0.25) is 0 Å². The molecule has 128 valence electrons. The Bertz CT molecular complexity index is 717. The quantitative estimate of drug-likeness (QED) is 0.710. The molecule has 1 aliphatic carbocycles. The number of carbonyl (C=O) groups is 1. The average Bonchev–Trinajstić information content (AvgIpc) is 3.21. The Morgan fingerprint density at radius 3 is 2.92 bits per heavy atom. The van der Waals surface area contributed by atoms with Crippen LogP contribution in [0.15, 0.2) is 26.9 Å². The highest BCUT2D eigenvalue weighted by molar-refractivity contribution is 8.03. The second-order valence-corrected chi connectivity index (χ2v) is 9.68. The Morgan fingerprint density at radius 1 is 1.29 bits per heavy atom. The first-order valence-corrected chi connectivity index (χ1v) is 10.9. The number of thioether (sulfide) groups is 2. The number of rotatable bonds is 7. The molecule has 7 heteroatoms. The molecule has 0 saturated heterocycles. The van der Waals surface area contributed by atoms with Gasteiger partial charge in [0, 0.05) is 11.4 Å². The van der Waals surface area contributed by atoms with E-state index in [4.69, 9.17) is 0 Å². The molecule has 0 spiro atoms. The lowest BCUT2D eigenvalue weighted by molar-refractivity contribution is -0.115. The van der Waals surface area contributed by atoms with Crippen molar-refractivity contribution in [1.29, 1.82) is 0 Å². The van der Waals surface area contributed by atoms with E-state index in [0.717, 1.165) is 39.4 Å². The van der Waals surface area contributed by atoms with E-state index in [1.54, 1.807) is 23.1 Å². The number of aryl methyl sites for hydroxylation is 2. The molecular formula is C17H21N3OS3. The molecule has 1 atom stereocenters. The molecule has 1 amide bonds. The van der Waals surface area contributed by atoms with Crippen LogP contribution in [0.4, 0.5) is 5.69 Å². The first-order valence-electron chi connectivity index (χ1n) is 8.21. The van der Waals surface area contributed by atoms with Crippen LogP contribution in [-0.2, 0) is 17.6 Å². The SMILES string of the molecule is CCCSc1nnc(S[C@H](C)C(=O)Nc2ccc3c(c2)CCC3)s1. The molecular weight excluding hydrogens is 358 g/mol. The van der Waals surface area contributed by atoms with Gasteiger partial charge in [-0.25, -0.2) is 0 Å². The van der Waals surface area contributed by atoms with Crippen molar-refractivity contribution in [3.8, 4) is 0 Å². The number of amides is 1. The lowest BCUT2D eigenvalue weighted by atomic mass is 10.1. The number of nitrogens with zero attached hydrogens (tertiary/aromatic N) is 2. The third kappa shape index (κ3) is 4.52. The summed E-state index contributed by atoms with van der Waals surface area (Å²) < 4.78 is 1.83. The number of benzene rings is 1. The van der Waals surface area contributed by atoms with Crippen molar-refractivity contribution in [2.24, 2.45) is 0 Å². The zero-order valence-corrected chi connectivity index (χ0v) is 16.3. The van der Waals surface area contributed by atoms with E-state index in [0.29, 0.717) is 0 Å². The monoisotopic (exact) mass is 379 g/mol. The van der Waals surface area contributed by atoms with Crippen LogP contribution < -0.4 is 5.32 Å². The Balaban J connectivity index is 1.55. The van der Waals surface area contributed by atoms with Crippen molar-refractivity contribution in [2.45, 2.75) is 53.5 Å². The number of nitrogens with one attached hydrogen (secondary N) is 1. The van der Waals surface area contributed by atoms with E-state index >= 15 is 0 Å². The molecule has 1 aromatic carbocycles. The van der Waals surface area contributed by atoms with E-state index in [1.807, 2.05) is 13.0 Å². The first kappa shape index (κ1) is 17.8. The number of fused-ring (bicyclic) bond motifs is 1. The average molecular weight is 380 g/mol. The molecule has 1 heterocycles. The number of anilines is 1. The molecule has 0 saturated carbocycles. The minimum absolute atomic E-state index is 0.0101. The Kier molecular flexibility index (Phi) is 6.19. The number of aromatic nitrogens is 2. The molecule has 3 rings (SSSR count). The second kappa shape index (κ2) is 8.36. The number of carbonyl (C=O) groups excluding carboxylic acids is 1. The summed E-state index contributed by atoms with van der Waals surface area (Å²) in [5.74, 6) is 1.06. The van der Waals surface area contributed by atoms with Crippen LogP contribution in [0.3, 0.4) is 0 Å². The molecule has 0 aliphatic heterocycles. The van der Waals surface area contributed by atoms with Gasteiger partial charge in [-0.2, -0.15) is 0 Å². The van der Waals surface area contributed by atoms with Crippen LogP contribution in [0, 0.1) is 0 Å². The van der Waals surface area contributed by atoms with Crippen LogP contribution in [0.5, 0.6) is 0 Å². The summed E-state index contributed by atoms with van der Waals surface area (Å²) in [6.07, 6.45) is 4.61. The molecule has 0 fully saturated rings. The van der Waals surface area contributed by atoms with Gasteiger partial charge in [-0.15, -0.1) is 10.2 Å². The predicted octanol–water partition coefficient (Wildman–Crippen LogP) is 4.65. The molecule has 1 aromatic heterocycles. The zero-order valence-electron chi connectivity index (χ0n) is 13.9. The first-order chi connectivity index (χ1) is 11.7. The van der Waals surface area contributed by atoms with Gasteiger partial charge in [0.15, 0.2) is 8.68 Å². The van der Waals surface area contributed by atoms with Gasteiger partial charge in [-0.05, 0) is 55.9 Å². The van der Waals surface area contributed by atoms with E-state index in [9.17, 15) is 4.79 Å². The fourth-order valence-corrected chi connectivity index (χ4v) is 5.68. The van der Waals surface area contributed by atoms with Gasteiger partial charge >= 0.3 is 0 Å². The van der Waals surface area contributed by atoms with Crippen molar-refractivity contribution < 1.29 is 4.79 Å². The van der Waals surface area contributed by atoms with Gasteiger partial charge in [0.05, 0.1) is 5.25 Å². The van der Waals surface area contributed by atoms with Gasteiger partial charge in [0.1, 0.15) is 0 Å². The molecule has 4 nitrogen and oxygen atoms in total. The maximum absolute atomic E-state index is 12.4. The smallest absolute Gasteiger partial charge is 0.237 e. The highest BCUT2D eigenvalue weighted by atomic mass is 32.2. The molecule has 1 aliphatic rings. The molecule has 0 bridgehead atoms. The van der Waals surface area contributed by atoms with Gasteiger partial charge in [-0.3, -0.25) is 4.79 Å². The molecule has 24 heavy (non-hydrogen) atoms. The summed E-state index contributed by atoms with van der Waals surface area (Å²) in [4.78, 5) is 12.4. The van der Waals surface area contributed by atoms with Gasteiger partial charge < -0.3 is 5.32 Å². The second-order valence-electron chi connectivity index (χ2n) is 5.77. The summed E-state index contributed by atoms with van der Waals surface area (Å²) in [6.45, 7) is 4.06. The fraction of sp³-hybridized carbons (Fsp3) is 0.471. The lowest BCUT2D eigenvalue weighted by Gasteiger charge is -2.11. The minimum Gasteiger partial charge on any atom is -0.325 e. The van der Waals surface area contributed by atoms with Crippen molar-refractivity contribution in [3.63, 3.8) is 0 Å². The van der Waals surface area contributed by atoms with Gasteiger partial charge in [-0.1, -0.05) is 47.9 Å². The predicted molar refractivity (Wildman–Crippen MR) is 103 cm³/mol.